The van der Waals surface area contributed by atoms with Crippen LogP contribution in [-0.2, 0) is 11.3 Å². The fraction of sp³-hybridized carbons (Fsp3) is 0.429. The Kier molecular flexibility index (Phi) is 8.59. The first-order valence-corrected chi connectivity index (χ1v) is 6.42. The number of benzene rings is 1. The summed E-state index contributed by atoms with van der Waals surface area (Å²) < 4.78 is 0. The molecular weight excluding hydrogens is 278 g/mol. The third-order valence-electron chi connectivity index (χ3n) is 2.52. The zero-order chi connectivity index (χ0) is 14.3. The minimum Gasteiger partial charge on any atom is -0.352 e. The molecule has 1 unspecified atom stereocenters. The van der Waals surface area contributed by atoms with Crippen LogP contribution in [0.4, 0.5) is 0 Å². The standard InChI is InChI=1S/C14H21N3O2.ClH/c1-3-16-14(19)12-6-4-5-11(8-12)9-17-13(18)7-10(2)15;/h4-6,8,10H,3,7,9,15H2,1-2H3,(H,16,19)(H,17,18);1H. The summed E-state index contributed by atoms with van der Waals surface area (Å²) in [6.45, 7) is 4.65. The number of carbonyl (C=O) groups excluding carboxylic acids is 2. The molecule has 1 rings (SSSR count). The lowest BCUT2D eigenvalue weighted by Gasteiger charge is -2.08. The van der Waals surface area contributed by atoms with Crippen LogP contribution in [0, 0.1) is 0 Å². The van der Waals surface area contributed by atoms with Crippen LogP contribution in [0.1, 0.15) is 36.2 Å². The van der Waals surface area contributed by atoms with Crippen molar-refractivity contribution in [2.45, 2.75) is 32.9 Å². The number of halogens is 1. The van der Waals surface area contributed by atoms with Crippen LogP contribution in [-0.4, -0.2) is 24.4 Å². The van der Waals surface area contributed by atoms with Crippen molar-refractivity contribution in [3.63, 3.8) is 0 Å². The summed E-state index contributed by atoms with van der Waals surface area (Å²) >= 11 is 0. The van der Waals surface area contributed by atoms with Gasteiger partial charge in [-0.2, -0.15) is 0 Å². The fourth-order valence-electron chi connectivity index (χ4n) is 1.65. The van der Waals surface area contributed by atoms with Gasteiger partial charge < -0.3 is 16.4 Å². The van der Waals surface area contributed by atoms with Gasteiger partial charge in [0.1, 0.15) is 0 Å². The lowest BCUT2D eigenvalue weighted by Crippen LogP contribution is -2.29. The highest BCUT2D eigenvalue weighted by atomic mass is 35.5. The Morgan fingerprint density at radius 2 is 2.00 bits per heavy atom. The van der Waals surface area contributed by atoms with E-state index in [1.54, 1.807) is 25.1 Å². The van der Waals surface area contributed by atoms with E-state index in [0.717, 1.165) is 5.56 Å². The molecule has 20 heavy (non-hydrogen) atoms. The number of hydrogen-bond donors (Lipinski definition) is 3. The monoisotopic (exact) mass is 299 g/mol. The minimum atomic E-state index is -0.151. The number of rotatable bonds is 6. The van der Waals surface area contributed by atoms with E-state index in [1.807, 2.05) is 13.0 Å². The number of nitrogens with one attached hydrogen (secondary N) is 2. The van der Waals surface area contributed by atoms with Gasteiger partial charge >= 0.3 is 0 Å². The second kappa shape index (κ2) is 9.34. The molecule has 1 aromatic rings. The summed E-state index contributed by atoms with van der Waals surface area (Å²) in [4.78, 5) is 23.1. The summed E-state index contributed by atoms with van der Waals surface area (Å²) in [5.41, 5.74) is 7.03. The summed E-state index contributed by atoms with van der Waals surface area (Å²) in [6.07, 6.45) is 0.302. The van der Waals surface area contributed by atoms with Crippen molar-refractivity contribution >= 4 is 24.2 Å². The van der Waals surface area contributed by atoms with E-state index in [-0.39, 0.29) is 30.3 Å². The molecule has 0 aliphatic rings. The van der Waals surface area contributed by atoms with Gasteiger partial charge in [-0.25, -0.2) is 0 Å². The zero-order valence-electron chi connectivity index (χ0n) is 11.8. The van der Waals surface area contributed by atoms with E-state index >= 15 is 0 Å². The predicted molar refractivity (Wildman–Crippen MR) is 81.8 cm³/mol. The smallest absolute Gasteiger partial charge is 0.251 e. The van der Waals surface area contributed by atoms with E-state index in [1.165, 1.54) is 0 Å². The molecule has 0 heterocycles. The zero-order valence-corrected chi connectivity index (χ0v) is 12.6. The third-order valence-corrected chi connectivity index (χ3v) is 2.52. The Labute approximate surface area is 125 Å². The van der Waals surface area contributed by atoms with Gasteiger partial charge in [-0.3, -0.25) is 9.59 Å². The van der Waals surface area contributed by atoms with Gasteiger partial charge in [0.15, 0.2) is 0 Å². The van der Waals surface area contributed by atoms with Crippen LogP contribution in [0.25, 0.3) is 0 Å². The van der Waals surface area contributed by atoms with Gasteiger partial charge in [0.05, 0.1) is 0 Å². The molecule has 0 saturated carbocycles. The number of amides is 2. The van der Waals surface area contributed by atoms with Gasteiger partial charge in [-0.15, -0.1) is 12.4 Å². The van der Waals surface area contributed by atoms with Crippen molar-refractivity contribution in [3.8, 4) is 0 Å². The maximum Gasteiger partial charge on any atom is 0.251 e. The number of carbonyl (C=O) groups is 2. The Morgan fingerprint density at radius 1 is 1.30 bits per heavy atom. The van der Waals surface area contributed by atoms with E-state index in [9.17, 15) is 9.59 Å². The van der Waals surface area contributed by atoms with Crippen LogP contribution in [0.2, 0.25) is 0 Å². The van der Waals surface area contributed by atoms with Gasteiger partial charge in [0.25, 0.3) is 5.91 Å². The van der Waals surface area contributed by atoms with Crippen molar-refractivity contribution in [1.82, 2.24) is 10.6 Å². The van der Waals surface area contributed by atoms with Gasteiger partial charge in [-0.1, -0.05) is 12.1 Å². The highest BCUT2D eigenvalue weighted by molar-refractivity contribution is 5.94. The summed E-state index contributed by atoms with van der Waals surface area (Å²) in [5, 5.41) is 5.51. The average molecular weight is 300 g/mol. The largest absolute Gasteiger partial charge is 0.352 e. The van der Waals surface area contributed by atoms with Crippen molar-refractivity contribution in [3.05, 3.63) is 35.4 Å². The molecule has 6 heteroatoms. The van der Waals surface area contributed by atoms with E-state index in [4.69, 9.17) is 5.73 Å². The molecule has 0 aromatic heterocycles. The van der Waals surface area contributed by atoms with E-state index in [2.05, 4.69) is 10.6 Å². The molecule has 4 N–H and O–H groups in total. The van der Waals surface area contributed by atoms with E-state index < -0.39 is 0 Å². The summed E-state index contributed by atoms with van der Waals surface area (Å²) in [5.74, 6) is -0.190. The highest BCUT2D eigenvalue weighted by Crippen LogP contribution is 2.05. The maximum absolute atomic E-state index is 11.7. The minimum absolute atomic E-state index is 0. The van der Waals surface area contributed by atoms with Crippen LogP contribution in [0.5, 0.6) is 0 Å². The molecule has 112 valence electrons. The van der Waals surface area contributed by atoms with Crippen molar-refractivity contribution < 1.29 is 9.59 Å². The molecule has 5 nitrogen and oxygen atoms in total. The molecule has 0 aliphatic heterocycles. The van der Waals surface area contributed by atoms with Crippen molar-refractivity contribution in [2.75, 3.05) is 6.54 Å². The molecule has 0 radical (unpaired) electrons. The fourth-order valence-corrected chi connectivity index (χ4v) is 1.65. The first-order chi connectivity index (χ1) is 9.02. The second-order valence-corrected chi connectivity index (χ2v) is 4.52. The highest BCUT2D eigenvalue weighted by Gasteiger charge is 2.07. The Balaban J connectivity index is 0.00000361. The van der Waals surface area contributed by atoms with Crippen molar-refractivity contribution in [1.29, 1.82) is 0 Å². The lowest BCUT2D eigenvalue weighted by atomic mass is 10.1. The quantitative estimate of drug-likeness (QED) is 0.738. The Morgan fingerprint density at radius 3 is 2.60 bits per heavy atom. The Bertz CT molecular complexity index is 450. The molecule has 0 bridgehead atoms. The Hall–Kier alpha value is -1.59. The maximum atomic E-state index is 11.7. The molecule has 0 aliphatic carbocycles. The van der Waals surface area contributed by atoms with Gasteiger partial charge in [-0.05, 0) is 31.5 Å². The molecule has 0 spiro atoms. The lowest BCUT2D eigenvalue weighted by molar-refractivity contribution is -0.121. The van der Waals surface area contributed by atoms with E-state index in [0.29, 0.717) is 25.1 Å². The number of nitrogens with two attached hydrogens (primary N) is 1. The van der Waals surface area contributed by atoms with Crippen LogP contribution in [0.3, 0.4) is 0 Å². The predicted octanol–water partition coefficient (Wildman–Crippen LogP) is 1.21. The topological polar surface area (TPSA) is 84.2 Å². The third kappa shape index (κ3) is 6.54. The van der Waals surface area contributed by atoms with Gasteiger partial charge in [0, 0.05) is 31.1 Å². The normalized spacial score (nSPS) is 11.2. The summed E-state index contributed by atoms with van der Waals surface area (Å²) in [6, 6.07) is 7.05. The van der Waals surface area contributed by atoms with Crippen LogP contribution >= 0.6 is 12.4 Å². The molecule has 1 aromatic carbocycles. The molecule has 2 amide bonds. The molecule has 0 fully saturated rings. The first-order valence-electron chi connectivity index (χ1n) is 6.42. The van der Waals surface area contributed by atoms with Crippen molar-refractivity contribution in [2.24, 2.45) is 5.73 Å². The summed E-state index contributed by atoms with van der Waals surface area (Å²) in [7, 11) is 0. The number of hydrogen-bond acceptors (Lipinski definition) is 3. The van der Waals surface area contributed by atoms with Crippen LogP contribution in [0.15, 0.2) is 24.3 Å². The first kappa shape index (κ1) is 18.4. The second-order valence-electron chi connectivity index (χ2n) is 4.52. The van der Waals surface area contributed by atoms with Gasteiger partial charge in [0.2, 0.25) is 5.91 Å². The molecular formula is C14H22ClN3O2. The molecule has 0 saturated heterocycles. The van der Waals surface area contributed by atoms with Crippen LogP contribution < -0.4 is 16.4 Å². The SMILES string of the molecule is CCNC(=O)c1cccc(CNC(=O)CC(C)N)c1.Cl. The average Bonchev–Trinajstić information content (AvgIpc) is 2.36. The molecule has 1 atom stereocenters.